The van der Waals surface area contributed by atoms with E-state index in [-0.39, 0.29) is 16.7 Å². The number of hydrogen-bond donors (Lipinski definition) is 1. The van der Waals surface area contributed by atoms with E-state index in [1.54, 1.807) is 6.07 Å². The van der Waals surface area contributed by atoms with Crippen LogP contribution in [0.1, 0.15) is 40.2 Å². The van der Waals surface area contributed by atoms with Crippen LogP contribution in [0, 0.1) is 5.41 Å². The molecule has 0 saturated carbocycles. The molecule has 106 valence electrons. The largest absolute Gasteiger partial charge is 0.355 e. The van der Waals surface area contributed by atoms with Crippen LogP contribution in [0.2, 0.25) is 10.0 Å². The Bertz CT molecular complexity index is 476. The van der Waals surface area contributed by atoms with E-state index in [0.717, 1.165) is 5.56 Å². The standard InChI is InChI=1S/C15H21Cl2NO/c1-14(2,3)13(19)18-9-15(4,5)11-7-6-10(16)8-12(11)17/h6-8H,9H2,1-5H3,(H,18,19). The Morgan fingerprint density at radius 3 is 2.21 bits per heavy atom. The zero-order valence-corrected chi connectivity index (χ0v) is 13.6. The van der Waals surface area contributed by atoms with Crippen molar-refractivity contribution in [1.82, 2.24) is 5.32 Å². The van der Waals surface area contributed by atoms with Crippen molar-refractivity contribution in [1.29, 1.82) is 0 Å². The third kappa shape index (κ3) is 4.39. The van der Waals surface area contributed by atoms with Crippen molar-refractivity contribution >= 4 is 29.1 Å². The molecular formula is C15H21Cl2NO. The maximum Gasteiger partial charge on any atom is 0.225 e. The summed E-state index contributed by atoms with van der Waals surface area (Å²) in [5, 5.41) is 4.21. The van der Waals surface area contributed by atoms with Crippen molar-refractivity contribution in [2.75, 3.05) is 6.54 Å². The van der Waals surface area contributed by atoms with E-state index in [1.165, 1.54) is 0 Å². The fourth-order valence-corrected chi connectivity index (χ4v) is 2.36. The molecule has 1 aromatic carbocycles. The molecule has 1 rings (SSSR count). The van der Waals surface area contributed by atoms with Crippen LogP contribution in [0.15, 0.2) is 18.2 Å². The lowest BCUT2D eigenvalue weighted by Gasteiger charge is -2.28. The van der Waals surface area contributed by atoms with Crippen molar-refractivity contribution in [2.45, 2.75) is 40.0 Å². The molecule has 0 radical (unpaired) electrons. The molecule has 0 aliphatic heterocycles. The van der Waals surface area contributed by atoms with Gasteiger partial charge in [0.15, 0.2) is 0 Å². The van der Waals surface area contributed by atoms with Crippen molar-refractivity contribution in [3.8, 4) is 0 Å². The SMILES string of the molecule is CC(C)(C)C(=O)NCC(C)(C)c1ccc(Cl)cc1Cl. The highest BCUT2D eigenvalue weighted by atomic mass is 35.5. The predicted molar refractivity (Wildman–Crippen MR) is 82.0 cm³/mol. The Morgan fingerprint density at radius 2 is 1.74 bits per heavy atom. The van der Waals surface area contributed by atoms with Gasteiger partial charge in [-0.1, -0.05) is 63.9 Å². The number of carbonyl (C=O) groups excluding carboxylic acids is 1. The summed E-state index contributed by atoms with van der Waals surface area (Å²) in [7, 11) is 0. The van der Waals surface area contributed by atoms with E-state index in [2.05, 4.69) is 5.32 Å². The number of nitrogens with one attached hydrogen (secondary N) is 1. The molecule has 1 N–H and O–H groups in total. The van der Waals surface area contributed by atoms with Crippen molar-refractivity contribution in [3.63, 3.8) is 0 Å². The van der Waals surface area contributed by atoms with Crippen LogP contribution < -0.4 is 5.32 Å². The molecule has 0 aromatic heterocycles. The summed E-state index contributed by atoms with van der Waals surface area (Å²) >= 11 is 12.1. The van der Waals surface area contributed by atoms with Gasteiger partial charge in [-0.3, -0.25) is 4.79 Å². The minimum atomic E-state index is -0.389. The van der Waals surface area contributed by atoms with Crippen molar-refractivity contribution in [3.05, 3.63) is 33.8 Å². The van der Waals surface area contributed by atoms with Crippen LogP contribution in [0.3, 0.4) is 0 Å². The zero-order valence-electron chi connectivity index (χ0n) is 12.1. The van der Waals surface area contributed by atoms with Gasteiger partial charge in [0.05, 0.1) is 0 Å². The van der Waals surface area contributed by atoms with Crippen LogP contribution in [0.4, 0.5) is 0 Å². The first kappa shape index (κ1) is 16.3. The minimum Gasteiger partial charge on any atom is -0.355 e. The average molecular weight is 302 g/mol. The normalized spacial score (nSPS) is 12.4. The van der Waals surface area contributed by atoms with E-state index in [0.29, 0.717) is 16.6 Å². The highest BCUT2D eigenvalue weighted by Crippen LogP contribution is 2.31. The molecule has 4 heteroatoms. The molecule has 0 fully saturated rings. The first-order valence-corrected chi connectivity index (χ1v) is 7.03. The highest BCUT2D eigenvalue weighted by molar-refractivity contribution is 6.35. The molecule has 2 nitrogen and oxygen atoms in total. The zero-order chi connectivity index (χ0) is 14.8. The quantitative estimate of drug-likeness (QED) is 0.879. The van der Waals surface area contributed by atoms with Gasteiger partial charge >= 0.3 is 0 Å². The van der Waals surface area contributed by atoms with Gasteiger partial charge < -0.3 is 5.32 Å². The van der Waals surface area contributed by atoms with Gasteiger partial charge in [-0.25, -0.2) is 0 Å². The van der Waals surface area contributed by atoms with Gasteiger partial charge in [0, 0.05) is 27.4 Å². The third-order valence-corrected chi connectivity index (χ3v) is 3.58. The Morgan fingerprint density at radius 1 is 1.16 bits per heavy atom. The summed E-state index contributed by atoms with van der Waals surface area (Å²) in [6.45, 7) is 10.3. The van der Waals surface area contributed by atoms with Crippen molar-refractivity contribution < 1.29 is 4.79 Å². The molecule has 0 unspecified atom stereocenters. The summed E-state index contributed by atoms with van der Waals surface area (Å²) < 4.78 is 0. The van der Waals surface area contributed by atoms with Gasteiger partial charge in [-0.05, 0) is 17.7 Å². The lowest BCUT2D eigenvalue weighted by molar-refractivity contribution is -0.128. The Labute approximate surface area is 125 Å². The second-order valence-corrected chi connectivity index (χ2v) is 7.28. The Hall–Kier alpha value is -0.730. The fraction of sp³-hybridized carbons (Fsp3) is 0.533. The Kier molecular flexibility index (Phi) is 4.91. The molecule has 0 bridgehead atoms. The summed E-state index contributed by atoms with van der Waals surface area (Å²) in [6, 6.07) is 5.45. The van der Waals surface area contributed by atoms with Gasteiger partial charge in [0.1, 0.15) is 0 Å². The van der Waals surface area contributed by atoms with Crippen molar-refractivity contribution in [2.24, 2.45) is 5.41 Å². The average Bonchev–Trinajstić information content (AvgIpc) is 2.24. The second kappa shape index (κ2) is 5.72. The maximum atomic E-state index is 11.9. The molecule has 0 saturated heterocycles. The van der Waals surface area contributed by atoms with Gasteiger partial charge in [0.2, 0.25) is 5.91 Å². The molecular weight excluding hydrogens is 281 g/mol. The lowest BCUT2D eigenvalue weighted by Crippen LogP contribution is -2.42. The smallest absolute Gasteiger partial charge is 0.225 e. The number of amides is 1. The topological polar surface area (TPSA) is 29.1 Å². The van der Waals surface area contributed by atoms with Gasteiger partial charge in [-0.2, -0.15) is 0 Å². The first-order valence-electron chi connectivity index (χ1n) is 6.28. The molecule has 0 heterocycles. The summed E-state index contributed by atoms with van der Waals surface area (Å²) in [4.78, 5) is 11.9. The molecule has 0 atom stereocenters. The van der Waals surface area contributed by atoms with E-state index in [4.69, 9.17) is 23.2 Å². The number of hydrogen-bond acceptors (Lipinski definition) is 1. The number of rotatable bonds is 3. The summed E-state index contributed by atoms with van der Waals surface area (Å²) in [5.41, 5.74) is 0.343. The molecule has 1 amide bonds. The van der Waals surface area contributed by atoms with Crippen LogP contribution >= 0.6 is 23.2 Å². The van der Waals surface area contributed by atoms with E-state index in [9.17, 15) is 4.79 Å². The van der Waals surface area contributed by atoms with Crippen LogP contribution in [-0.4, -0.2) is 12.5 Å². The minimum absolute atomic E-state index is 0.0330. The molecule has 0 aliphatic carbocycles. The molecule has 0 aliphatic rings. The summed E-state index contributed by atoms with van der Waals surface area (Å²) in [5.74, 6) is 0.0330. The molecule has 0 spiro atoms. The highest BCUT2D eigenvalue weighted by Gasteiger charge is 2.27. The van der Waals surface area contributed by atoms with Crippen LogP contribution in [0.5, 0.6) is 0 Å². The maximum absolute atomic E-state index is 11.9. The number of halogens is 2. The predicted octanol–water partition coefficient (Wildman–Crippen LogP) is 4.43. The second-order valence-electron chi connectivity index (χ2n) is 6.44. The number of carbonyl (C=O) groups is 1. The van der Waals surface area contributed by atoms with E-state index in [1.807, 2.05) is 46.8 Å². The summed E-state index contributed by atoms with van der Waals surface area (Å²) in [6.07, 6.45) is 0. The van der Waals surface area contributed by atoms with E-state index >= 15 is 0 Å². The van der Waals surface area contributed by atoms with Crippen LogP contribution in [-0.2, 0) is 10.2 Å². The molecule has 1 aromatic rings. The number of benzene rings is 1. The Balaban J connectivity index is 2.84. The fourth-order valence-electron chi connectivity index (χ4n) is 1.70. The van der Waals surface area contributed by atoms with E-state index < -0.39 is 0 Å². The van der Waals surface area contributed by atoms with Gasteiger partial charge in [0.25, 0.3) is 0 Å². The lowest BCUT2D eigenvalue weighted by atomic mass is 9.84. The monoisotopic (exact) mass is 301 g/mol. The van der Waals surface area contributed by atoms with Gasteiger partial charge in [-0.15, -0.1) is 0 Å². The van der Waals surface area contributed by atoms with Crippen LogP contribution in [0.25, 0.3) is 0 Å². The first-order chi connectivity index (χ1) is 8.54. The molecule has 19 heavy (non-hydrogen) atoms. The third-order valence-electron chi connectivity index (χ3n) is 3.03.